The van der Waals surface area contributed by atoms with Gasteiger partial charge in [0.25, 0.3) is 0 Å². The first kappa shape index (κ1) is 10.7. The Morgan fingerprint density at radius 2 is 1.77 bits per heavy atom. The number of alkyl halides is 3. The van der Waals surface area contributed by atoms with Gasteiger partial charge in [-0.05, 0) is 24.3 Å². The molecule has 1 rings (SSSR count). The lowest BCUT2D eigenvalue weighted by atomic mass is 9.81. The van der Waals surface area contributed by atoms with Crippen LogP contribution in [0.25, 0.3) is 0 Å². The predicted octanol–water partition coefficient (Wildman–Crippen LogP) is 2.15. The van der Waals surface area contributed by atoms with Gasteiger partial charge < -0.3 is 5.11 Å². The molecule has 0 aliphatic carbocycles. The highest BCUT2D eigenvalue weighted by atomic mass is 32.2. The molecule has 6 heteroatoms. The van der Waals surface area contributed by atoms with Gasteiger partial charge in [0.05, 0.1) is 0 Å². The van der Waals surface area contributed by atoms with E-state index < -0.39 is 17.6 Å². The average Bonchev–Trinajstić information content (AvgIpc) is 2.03. The molecule has 76 valence electrons. The smallest absolute Gasteiger partial charge is 0.404 e. The summed E-state index contributed by atoms with van der Waals surface area (Å²) in [6.45, 7) is 0. The summed E-state index contributed by atoms with van der Waals surface area (Å²) in [6, 6.07) is 0. The van der Waals surface area contributed by atoms with Gasteiger partial charge in [0, 0.05) is 0 Å². The van der Waals surface area contributed by atoms with Crippen molar-refractivity contribution in [2.75, 3.05) is 11.5 Å². The lowest BCUT2D eigenvalue weighted by molar-refractivity contribution is -0.233. The summed E-state index contributed by atoms with van der Waals surface area (Å²) in [5.74, 6) is -1.20. The van der Waals surface area contributed by atoms with E-state index in [-0.39, 0.29) is 24.3 Å². The number of rotatable bonds is 1. The Balaban J connectivity index is 2.93. The molecule has 13 heavy (non-hydrogen) atoms. The van der Waals surface area contributed by atoms with E-state index in [0.29, 0.717) is 0 Å². The Hall–Kier alpha value is -0.390. The quantitative estimate of drug-likeness (QED) is 0.726. The van der Waals surface area contributed by atoms with Crippen LogP contribution in [-0.4, -0.2) is 28.8 Å². The van der Waals surface area contributed by atoms with Gasteiger partial charge >= 0.3 is 12.1 Å². The van der Waals surface area contributed by atoms with Crippen LogP contribution in [0.4, 0.5) is 13.2 Å². The summed E-state index contributed by atoms with van der Waals surface area (Å²) in [6.07, 6.45) is -5.24. The fraction of sp³-hybridized carbons (Fsp3) is 0.857. The van der Waals surface area contributed by atoms with Crippen LogP contribution in [-0.2, 0) is 4.79 Å². The molecule has 1 aliphatic rings. The number of carboxylic acid groups (broad SMARTS) is 1. The minimum absolute atomic E-state index is 0.270. The third-order valence-corrected chi connectivity index (χ3v) is 3.28. The first-order valence-electron chi connectivity index (χ1n) is 3.78. The standard InChI is InChI=1S/C7H9F3O2S/c8-7(9,10)6(5(11)12)1-3-13-4-2-6/h1-4H2,(H,11,12). The van der Waals surface area contributed by atoms with Crippen LogP contribution in [0.3, 0.4) is 0 Å². The van der Waals surface area contributed by atoms with E-state index in [2.05, 4.69) is 0 Å². The van der Waals surface area contributed by atoms with E-state index in [0.717, 1.165) is 0 Å². The number of aliphatic carboxylic acids is 1. The molecular weight excluding hydrogens is 205 g/mol. The van der Waals surface area contributed by atoms with Crippen LogP contribution in [0.5, 0.6) is 0 Å². The molecule has 1 heterocycles. The maximum absolute atomic E-state index is 12.5. The number of thioether (sulfide) groups is 1. The van der Waals surface area contributed by atoms with Crippen molar-refractivity contribution in [1.29, 1.82) is 0 Å². The maximum atomic E-state index is 12.5. The molecule has 0 atom stereocenters. The number of halogens is 3. The molecular formula is C7H9F3O2S. The van der Waals surface area contributed by atoms with Crippen LogP contribution < -0.4 is 0 Å². The van der Waals surface area contributed by atoms with Crippen molar-refractivity contribution in [1.82, 2.24) is 0 Å². The van der Waals surface area contributed by atoms with Crippen molar-refractivity contribution >= 4 is 17.7 Å². The fourth-order valence-electron chi connectivity index (χ4n) is 1.34. The minimum Gasteiger partial charge on any atom is -0.481 e. The van der Waals surface area contributed by atoms with Crippen molar-refractivity contribution in [3.8, 4) is 0 Å². The van der Waals surface area contributed by atoms with Crippen molar-refractivity contribution in [2.24, 2.45) is 5.41 Å². The third-order valence-electron chi connectivity index (χ3n) is 2.30. The summed E-state index contributed by atoms with van der Waals surface area (Å²) in [5.41, 5.74) is -2.49. The molecule has 0 amide bonds. The Morgan fingerprint density at radius 1 is 1.31 bits per heavy atom. The monoisotopic (exact) mass is 214 g/mol. The Morgan fingerprint density at radius 3 is 2.00 bits per heavy atom. The largest absolute Gasteiger partial charge is 0.481 e. The molecule has 1 N–H and O–H groups in total. The van der Waals surface area contributed by atoms with Gasteiger partial charge in [0.2, 0.25) is 0 Å². The molecule has 0 radical (unpaired) electrons. The van der Waals surface area contributed by atoms with Crippen LogP contribution in [0, 0.1) is 5.41 Å². The SMILES string of the molecule is O=C(O)C1(C(F)(F)F)CCSCC1. The molecule has 0 unspecified atom stereocenters. The molecule has 1 saturated heterocycles. The highest BCUT2D eigenvalue weighted by Gasteiger charge is 2.60. The Kier molecular flexibility index (Phi) is 2.79. The zero-order chi connectivity index (χ0) is 10.1. The van der Waals surface area contributed by atoms with Crippen LogP contribution in [0.1, 0.15) is 12.8 Å². The molecule has 0 bridgehead atoms. The van der Waals surface area contributed by atoms with Crippen LogP contribution in [0.15, 0.2) is 0 Å². The zero-order valence-electron chi connectivity index (χ0n) is 6.73. The van der Waals surface area contributed by atoms with Gasteiger partial charge in [0.1, 0.15) is 0 Å². The summed E-state index contributed by atoms with van der Waals surface area (Å²) in [5, 5.41) is 8.60. The molecule has 0 aromatic carbocycles. The average molecular weight is 214 g/mol. The zero-order valence-corrected chi connectivity index (χ0v) is 7.54. The summed E-state index contributed by atoms with van der Waals surface area (Å²) in [4.78, 5) is 10.6. The number of hydrogen-bond acceptors (Lipinski definition) is 2. The van der Waals surface area contributed by atoms with E-state index in [9.17, 15) is 18.0 Å². The third kappa shape index (κ3) is 1.77. The van der Waals surface area contributed by atoms with Crippen molar-refractivity contribution < 1.29 is 23.1 Å². The molecule has 0 spiro atoms. The van der Waals surface area contributed by atoms with Gasteiger partial charge in [-0.25, -0.2) is 0 Å². The molecule has 1 fully saturated rings. The highest BCUT2D eigenvalue weighted by Crippen LogP contribution is 2.48. The van der Waals surface area contributed by atoms with Crippen molar-refractivity contribution in [3.63, 3.8) is 0 Å². The molecule has 1 aliphatic heterocycles. The summed E-state index contributed by atoms with van der Waals surface area (Å²) in [7, 11) is 0. The first-order valence-corrected chi connectivity index (χ1v) is 4.93. The van der Waals surface area contributed by atoms with Crippen molar-refractivity contribution in [3.05, 3.63) is 0 Å². The van der Waals surface area contributed by atoms with Gasteiger partial charge in [-0.3, -0.25) is 4.79 Å². The van der Waals surface area contributed by atoms with Crippen LogP contribution >= 0.6 is 11.8 Å². The lowest BCUT2D eigenvalue weighted by Crippen LogP contribution is -2.47. The predicted molar refractivity (Wildman–Crippen MR) is 42.7 cm³/mol. The van der Waals surface area contributed by atoms with Gasteiger partial charge in [0.15, 0.2) is 5.41 Å². The number of hydrogen-bond donors (Lipinski definition) is 1. The lowest BCUT2D eigenvalue weighted by Gasteiger charge is -2.34. The highest BCUT2D eigenvalue weighted by molar-refractivity contribution is 7.99. The Bertz CT molecular complexity index is 208. The normalized spacial score (nSPS) is 22.7. The van der Waals surface area contributed by atoms with Crippen LogP contribution in [0.2, 0.25) is 0 Å². The van der Waals surface area contributed by atoms with E-state index >= 15 is 0 Å². The molecule has 0 aromatic rings. The van der Waals surface area contributed by atoms with E-state index in [1.807, 2.05) is 0 Å². The topological polar surface area (TPSA) is 37.3 Å². The second-order valence-corrected chi connectivity index (χ2v) is 4.22. The minimum atomic E-state index is -4.63. The van der Waals surface area contributed by atoms with Gasteiger partial charge in [-0.15, -0.1) is 0 Å². The molecule has 2 nitrogen and oxygen atoms in total. The van der Waals surface area contributed by atoms with Gasteiger partial charge in [-0.2, -0.15) is 24.9 Å². The van der Waals surface area contributed by atoms with E-state index in [1.165, 1.54) is 11.8 Å². The number of carbonyl (C=O) groups is 1. The summed E-state index contributed by atoms with van der Waals surface area (Å²) >= 11 is 1.37. The fourth-order valence-corrected chi connectivity index (χ4v) is 2.53. The number of carboxylic acids is 1. The van der Waals surface area contributed by atoms with Crippen molar-refractivity contribution in [2.45, 2.75) is 19.0 Å². The maximum Gasteiger partial charge on any atom is 0.404 e. The van der Waals surface area contributed by atoms with E-state index in [1.54, 1.807) is 0 Å². The summed E-state index contributed by atoms with van der Waals surface area (Å²) < 4.78 is 37.4. The first-order chi connectivity index (χ1) is 5.90. The molecule has 0 aromatic heterocycles. The van der Waals surface area contributed by atoms with E-state index in [4.69, 9.17) is 5.11 Å². The molecule has 0 saturated carbocycles. The Labute approximate surface area is 77.5 Å². The second kappa shape index (κ2) is 3.40. The van der Waals surface area contributed by atoms with Gasteiger partial charge in [-0.1, -0.05) is 0 Å². The second-order valence-electron chi connectivity index (χ2n) is 3.00.